The van der Waals surface area contributed by atoms with Gasteiger partial charge in [-0.3, -0.25) is 14.4 Å². The van der Waals surface area contributed by atoms with E-state index in [0.29, 0.717) is 0 Å². The maximum absolute atomic E-state index is 11.9. The lowest BCUT2D eigenvalue weighted by molar-refractivity contribution is -0.142. The number of nitrogens with one attached hydrogen (secondary N) is 2. The maximum Gasteiger partial charge on any atom is 0.327 e. The molecule has 0 aromatic carbocycles. The van der Waals surface area contributed by atoms with E-state index in [1.54, 1.807) is 0 Å². The first-order valence-corrected chi connectivity index (χ1v) is 7.02. The average Bonchev–Trinajstić information content (AvgIpc) is 2.41. The van der Waals surface area contributed by atoms with E-state index in [-0.39, 0.29) is 11.5 Å². The predicted molar refractivity (Wildman–Crippen MR) is 79.4 cm³/mol. The summed E-state index contributed by atoms with van der Waals surface area (Å²) in [6.07, 6.45) is -0.713. The van der Waals surface area contributed by atoms with Crippen LogP contribution < -0.4 is 16.4 Å². The summed E-state index contributed by atoms with van der Waals surface area (Å²) in [5.74, 6) is -4.56. The SMILES string of the molecule is NC(CS)C(=O)NC(CC(=O)O)C(=O)NC(CS)C(=O)O. The minimum atomic E-state index is -1.44. The third kappa shape index (κ3) is 7.20. The summed E-state index contributed by atoms with van der Waals surface area (Å²) in [5, 5.41) is 21.8. The highest BCUT2D eigenvalue weighted by molar-refractivity contribution is 7.80. The molecule has 6 N–H and O–H groups in total. The molecule has 0 radical (unpaired) electrons. The Morgan fingerprint density at radius 3 is 1.86 bits per heavy atom. The molecule has 2 amide bonds. The largest absolute Gasteiger partial charge is 0.481 e. The summed E-state index contributed by atoms with van der Waals surface area (Å²) in [4.78, 5) is 44.9. The Bertz CT molecular complexity index is 420. The molecule has 9 nitrogen and oxygen atoms in total. The van der Waals surface area contributed by atoms with Crippen molar-refractivity contribution in [2.24, 2.45) is 5.73 Å². The van der Waals surface area contributed by atoms with Crippen LogP contribution in [0, 0.1) is 0 Å². The van der Waals surface area contributed by atoms with Gasteiger partial charge in [0.05, 0.1) is 12.5 Å². The second-order valence-electron chi connectivity index (χ2n) is 4.03. The summed E-state index contributed by atoms with van der Waals surface area (Å²) in [6.45, 7) is 0. The molecule has 3 unspecified atom stereocenters. The van der Waals surface area contributed by atoms with Crippen molar-refractivity contribution in [3.05, 3.63) is 0 Å². The maximum atomic E-state index is 11.9. The number of carbonyl (C=O) groups excluding carboxylic acids is 2. The topological polar surface area (TPSA) is 159 Å². The number of hydrogen-bond donors (Lipinski definition) is 7. The molecule has 0 heterocycles. The first-order chi connectivity index (χ1) is 9.72. The number of carbonyl (C=O) groups is 4. The van der Waals surface area contributed by atoms with Crippen molar-refractivity contribution in [3.63, 3.8) is 0 Å². The van der Waals surface area contributed by atoms with Crippen molar-refractivity contribution in [1.82, 2.24) is 10.6 Å². The number of carboxylic acid groups (broad SMARTS) is 2. The standard InChI is InChI=1S/C10H17N3O6S2/c11-4(2-20)8(16)12-5(1-7(14)15)9(17)13-6(3-21)10(18)19/h4-6,20-21H,1-3,11H2,(H,12,16)(H,13,17)(H,14,15)(H,18,19). The number of aliphatic carboxylic acids is 2. The van der Waals surface area contributed by atoms with Crippen LogP contribution in [0.2, 0.25) is 0 Å². The lowest BCUT2D eigenvalue weighted by Crippen LogP contribution is -2.55. The quantitative estimate of drug-likeness (QED) is 0.233. The number of hydrogen-bond acceptors (Lipinski definition) is 7. The zero-order valence-electron chi connectivity index (χ0n) is 10.9. The molecule has 120 valence electrons. The van der Waals surface area contributed by atoms with Crippen LogP contribution in [0.1, 0.15) is 6.42 Å². The van der Waals surface area contributed by atoms with Crippen molar-refractivity contribution in [1.29, 1.82) is 0 Å². The van der Waals surface area contributed by atoms with E-state index in [1.165, 1.54) is 0 Å². The Morgan fingerprint density at radius 1 is 0.952 bits per heavy atom. The van der Waals surface area contributed by atoms with E-state index in [9.17, 15) is 19.2 Å². The molecule has 0 spiro atoms. The Labute approximate surface area is 131 Å². The predicted octanol–water partition coefficient (Wildman–Crippen LogP) is -2.30. The lowest BCUT2D eigenvalue weighted by Gasteiger charge is -2.20. The number of carboxylic acids is 2. The van der Waals surface area contributed by atoms with Crippen LogP contribution in [0.5, 0.6) is 0 Å². The van der Waals surface area contributed by atoms with E-state index in [2.05, 4.69) is 35.9 Å². The molecule has 0 aromatic rings. The van der Waals surface area contributed by atoms with Gasteiger partial charge >= 0.3 is 11.9 Å². The minimum absolute atomic E-state index is 0.00162. The van der Waals surface area contributed by atoms with Gasteiger partial charge in [-0.05, 0) is 0 Å². The molecule has 0 fully saturated rings. The number of thiol groups is 2. The Hall–Kier alpha value is -1.46. The molecule has 21 heavy (non-hydrogen) atoms. The summed E-state index contributed by atoms with van der Waals surface area (Å²) >= 11 is 7.56. The highest BCUT2D eigenvalue weighted by Crippen LogP contribution is 1.98. The lowest BCUT2D eigenvalue weighted by atomic mass is 10.1. The highest BCUT2D eigenvalue weighted by Gasteiger charge is 2.28. The monoisotopic (exact) mass is 339 g/mol. The molecule has 11 heteroatoms. The molecular weight excluding hydrogens is 322 g/mol. The van der Waals surface area contributed by atoms with Gasteiger partial charge in [-0.25, -0.2) is 4.79 Å². The molecule has 0 aliphatic rings. The Balaban J connectivity index is 4.88. The summed E-state index contributed by atoms with van der Waals surface area (Å²) in [5.41, 5.74) is 5.40. The zero-order chi connectivity index (χ0) is 16.6. The van der Waals surface area contributed by atoms with Gasteiger partial charge in [0.25, 0.3) is 0 Å². The van der Waals surface area contributed by atoms with Crippen LogP contribution in [-0.4, -0.2) is 63.6 Å². The van der Waals surface area contributed by atoms with Gasteiger partial charge in [-0.1, -0.05) is 0 Å². The Kier molecular flexibility index (Phi) is 8.81. The van der Waals surface area contributed by atoms with Crippen LogP contribution in [0.4, 0.5) is 0 Å². The van der Waals surface area contributed by atoms with E-state index >= 15 is 0 Å². The van der Waals surface area contributed by atoms with Gasteiger partial charge in [0.15, 0.2) is 0 Å². The fourth-order valence-corrected chi connectivity index (χ4v) is 1.62. The third-order valence-electron chi connectivity index (χ3n) is 2.34. The van der Waals surface area contributed by atoms with Gasteiger partial charge in [-0.2, -0.15) is 25.3 Å². The van der Waals surface area contributed by atoms with Crippen molar-refractivity contribution < 1.29 is 29.4 Å². The summed E-state index contributed by atoms with van der Waals surface area (Å²) in [7, 11) is 0. The van der Waals surface area contributed by atoms with Crippen molar-refractivity contribution in [3.8, 4) is 0 Å². The minimum Gasteiger partial charge on any atom is -0.481 e. The van der Waals surface area contributed by atoms with Gasteiger partial charge < -0.3 is 26.6 Å². The molecule has 0 aliphatic carbocycles. The fourth-order valence-electron chi connectivity index (χ4n) is 1.20. The molecule has 0 bridgehead atoms. The molecule has 3 atom stereocenters. The van der Waals surface area contributed by atoms with Crippen LogP contribution in [0.25, 0.3) is 0 Å². The second-order valence-corrected chi connectivity index (χ2v) is 4.76. The number of nitrogens with two attached hydrogens (primary N) is 1. The van der Waals surface area contributed by atoms with E-state index < -0.39 is 48.3 Å². The zero-order valence-corrected chi connectivity index (χ0v) is 12.6. The molecule has 0 saturated carbocycles. The molecule has 0 saturated heterocycles. The number of amides is 2. The van der Waals surface area contributed by atoms with Crippen LogP contribution in [0.15, 0.2) is 0 Å². The van der Waals surface area contributed by atoms with Gasteiger partial charge in [0.2, 0.25) is 11.8 Å². The fraction of sp³-hybridized carbons (Fsp3) is 0.600. The van der Waals surface area contributed by atoms with E-state index in [1.807, 2.05) is 0 Å². The second kappa shape index (κ2) is 9.47. The van der Waals surface area contributed by atoms with Crippen LogP contribution in [0.3, 0.4) is 0 Å². The van der Waals surface area contributed by atoms with Gasteiger partial charge in [0.1, 0.15) is 12.1 Å². The summed E-state index contributed by atoms with van der Waals surface area (Å²) < 4.78 is 0. The summed E-state index contributed by atoms with van der Waals surface area (Å²) in [6, 6.07) is -3.76. The van der Waals surface area contributed by atoms with Crippen LogP contribution >= 0.6 is 25.3 Å². The van der Waals surface area contributed by atoms with Gasteiger partial charge in [0, 0.05) is 11.5 Å². The molecule has 0 aliphatic heterocycles. The van der Waals surface area contributed by atoms with E-state index in [4.69, 9.17) is 15.9 Å². The van der Waals surface area contributed by atoms with Crippen LogP contribution in [-0.2, 0) is 19.2 Å². The third-order valence-corrected chi connectivity index (χ3v) is 3.10. The normalized spacial score (nSPS) is 14.6. The van der Waals surface area contributed by atoms with Crippen molar-refractivity contribution >= 4 is 49.0 Å². The van der Waals surface area contributed by atoms with E-state index in [0.717, 1.165) is 0 Å². The highest BCUT2D eigenvalue weighted by atomic mass is 32.1. The van der Waals surface area contributed by atoms with Gasteiger partial charge in [-0.15, -0.1) is 0 Å². The Morgan fingerprint density at radius 2 is 1.48 bits per heavy atom. The molecule has 0 aromatic heterocycles. The van der Waals surface area contributed by atoms with Crippen molar-refractivity contribution in [2.45, 2.75) is 24.5 Å². The molecular formula is C10H17N3O6S2. The molecule has 0 rings (SSSR count). The smallest absolute Gasteiger partial charge is 0.327 e. The number of rotatable bonds is 9. The first kappa shape index (κ1) is 19.5. The first-order valence-electron chi connectivity index (χ1n) is 5.75. The average molecular weight is 339 g/mol. The van der Waals surface area contributed by atoms with Crippen molar-refractivity contribution in [2.75, 3.05) is 11.5 Å².